The monoisotopic (exact) mass is 239 g/mol. The van der Waals surface area contributed by atoms with Crippen LogP contribution in [0, 0.1) is 0 Å². The van der Waals surface area contributed by atoms with Gasteiger partial charge in [-0.2, -0.15) is 4.98 Å². The van der Waals surface area contributed by atoms with Gasteiger partial charge in [-0.1, -0.05) is 5.16 Å². The van der Waals surface area contributed by atoms with E-state index in [1.165, 1.54) is 0 Å². The van der Waals surface area contributed by atoms with Crippen LogP contribution in [0.2, 0.25) is 0 Å². The smallest absolute Gasteiger partial charge is 0.240 e. The number of nitrogens with one attached hydrogen (secondary N) is 1. The third-order valence-electron chi connectivity index (χ3n) is 2.34. The molecule has 1 aliphatic rings. The Morgan fingerprint density at radius 1 is 1.19 bits per heavy atom. The van der Waals surface area contributed by atoms with Gasteiger partial charge < -0.3 is 9.84 Å². The van der Waals surface area contributed by atoms with Gasteiger partial charge in [-0.3, -0.25) is 0 Å². The maximum Gasteiger partial charge on any atom is 0.240 e. The largest absolute Gasteiger partial charge is 0.338 e. The van der Waals surface area contributed by atoms with Crippen molar-refractivity contribution in [1.29, 1.82) is 0 Å². The summed E-state index contributed by atoms with van der Waals surface area (Å²) in [4.78, 5) is 12.4. The molecule has 2 aromatic rings. The van der Waals surface area contributed by atoms with Gasteiger partial charge in [0.05, 0.1) is 5.92 Å². The Balaban J connectivity index is 0.000000963. The van der Waals surface area contributed by atoms with Crippen LogP contribution in [0.1, 0.15) is 11.8 Å². The van der Waals surface area contributed by atoms with E-state index in [2.05, 4.69) is 25.4 Å². The molecule has 0 radical (unpaired) electrons. The lowest BCUT2D eigenvalue weighted by Gasteiger charge is -2.22. The summed E-state index contributed by atoms with van der Waals surface area (Å²) in [6, 6.07) is 1.75. The van der Waals surface area contributed by atoms with E-state index in [0.29, 0.717) is 23.5 Å². The molecular formula is C9H10ClN5O. The van der Waals surface area contributed by atoms with E-state index in [0.717, 1.165) is 13.1 Å². The molecule has 2 aromatic heterocycles. The first-order chi connectivity index (χ1) is 7.43. The summed E-state index contributed by atoms with van der Waals surface area (Å²) in [6.45, 7) is 1.80. The molecular weight excluding hydrogens is 230 g/mol. The highest BCUT2D eigenvalue weighted by atomic mass is 35.5. The lowest BCUT2D eigenvalue weighted by Crippen LogP contribution is -2.40. The zero-order valence-electron chi connectivity index (χ0n) is 8.33. The Morgan fingerprint density at radius 3 is 2.56 bits per heavy atom. The molecule has 16 heavy (non-hydrogen) atoms. The molecule has 6 nitrogen and oxygen atoms in total. The molecule has 0 bridgehead atoms. The van der Waals surface area contributed by atoms with Gasteiger partial charge in [0.1, 0.15) is 0 Å². The molecule has 7 heteroatoms. The summed E-state index contributed by atoms with van der Waals surface area (Å²) in [5.74, 6) is 1.96. The highest BCUT2D eigenvalue weighted by Gasteiger charge is 2.25. The molecule has 1 N–H and O–H groups in total. The lowest BCUT2D eigenvalue weighted by molar-refractivity contribution is 0.308. The zero-order chi connectivity index (χ0) is 10.1. The van der Waals surface area contributed by atoms with Gasteiger partial charge in [0.15, 0.2) is 0 Å². The molecule has 1 fully saturated rings. The van der Waals surface area contributed by atoms with Gasteiger partial charge in [0.25, 0.3) is 0 Å². The van der Waals surface area contributed by atoms with Gasteiger partial charge >= 0.3 is 0 Å². The summed E-state index contributed by atoms with van der Waals surface area (Å²) >= 11 is 0. The first-order valence-corrected chi connectivity index (χ1v) is 4.75. The number of nitrogens with zero attached hydrogens (tertiary/aromatic N) is 4. The SMILES string of the molecule is Cl.c1cnc(-c2noc(C3CNC3)n2)nc1. The summed E-state index contributed by atoms with van der Waals surface area (Å²) in [5, 5.41) is 7.00. The molecule has 0 saturated carbocycles. The van der Waals surface area contributed by atoms with Gasteiger partial charge in [0, 0.05) is 25.5 Å². The van der Waals surface area contributed by atoms with Gasteiger partial charge in [-0.25, -0.2) is 9.97 Å². The highest BCUT2D eigenvalue weighted by molar-refractivity contribution is 5.85. The summed E-state index contributed by atoms with van der Waals surface area (Å²) in [6.07, 6.45) is 3.31. The minimum atomic E-state index is 0. The Morgan fingerprint density at radius 2 is 1.94 bits per heavy atom. The van der Waals surface area contributed by atoms with Crippen molar-refractivity contribution in [2.75, 3.05) is 13.1 Å². The van der Waals surface area contributed by atoms with Crippen molar-refractivity contribution in [3.8, 4) is 11.6 Å². The topological polar surface area (TPSA) is 76.7 Å². The minimum absolute atomic E-state index is 0. The van der Waals surface area contributed by atoms with Crippen LogP contribution in [-0.4, -0.2) is 33.2 Å². The number of hydrogen-bond donors (Lipinski definition) is 1. The second-order valence-corrected chi connectivity index (χ2v) is 3.38. The van der Waals surface area contributed by atoms with E-state index in [1.54, 1.807) is 18.5 Å². The van der Waals surface area contributed by atoms with Crippen LogP contribution in [0.5, 0.6) is 0 Å². The van der Waals surface area contributed by atoms with Crippen LogP contribution in [0.25, 0.3) is 11.6 Å². The van der Waals surface area contributed by atoms with Crippen LogP contribution in [0.4, 0.5) is 0 Å². The van der Waals surface area contributed by atoms with E-state index < -0.39 is 0 Å². The number of aromatic nitrogens is 4. The van der Waals surface area contributed by atoms with Crippen molar-refractivity contribution in [2.24, 2.45) is 0 Å². The summed E-state index contributed by atoms with van der Waals surface area (Å²) < 4.78 is 5.14. The average Bonchev–Trinajstić information content (AvgIpc) is 2.66. The van der Waals surface area contributed by atoms with Crippen LogP contribution >= 0.6 is 12.4 Å². The van der Waals surface area contributed by atoms with Crippen LogP contribution in [0.15, 0.2) is 23.0 Å². The molecule has 0 atom stereocenters. The standard InChI is InChI=1S/C9H9N5O.ClH/c1-2-11-7(12-3-1)8-13-9(15-14-8)6-4-10-5-6;/h1-3,6,10H,4-5H2;1H. The van der Waals surface area contributed by atoms with E-state index in [9.17, 15) is 0 Å². The zero-order valence-corrected chi connectivity index (χ0v) is 9.15. The normalized spacial score (nSPS) is 15.2. The molecule has 3 heterocycles. The molecule has 0 unspecified atom stereocenters. The van der Waals surface area contributed by atoms with Gasteiger partial charge in [-0.15, -0.1) is 12.4 Å². The molecule has 0 spiro atoms. The summed E-state index contributed by atoms with van der Waals surface area (Å²) in [5.41, 5.74) is 0. The van der Waals surface area contributed by atoms with E-state index in [4.69, 9.17) is 4.52 Å². The molecule has 0 aliphatic carbocycles. The first-order valence-electron chi connectivity index (χ1n) is 4.75. The minimum Gasteiger partial charge on any atom is -0.338 e. The maximum atomic E-state index is 5.14. The van der Waals surface area contributed by atoms with Crippen LogP contribution in [0.3, 0.4) is 0 Å². The maximum absolute atomic E-state index is 5.14. The predicted octanol–water partition coefficient (Wildman–Crippen LogP) is 0.635. The first kappa shape index (κ1) is 11.0. The van der Waals surface area contributed by atoms with Crippen LogP contribution in [-0.2, 0) is 0 Å². The second kappa shape index (κ2) is 4.54. The Labute approximate surface area is 97.9 Å². The average molecular weight is 240 g/mol. The van der Waals surface area contributed by atoms with Gasteiger partial charge in [0.2, 0.25) is 17.5 Å². The fraction of sp³-hybridized carbons (Fsp3) is 0.333. The van der Waals surface area contributed by atoms with Crippen molar-refractivity contribution in [1.82, 2.24) is 25.4 Å². The Bertz CT molecular complexity index is 456. The third-order valence-corrected chi connectivity index (χ3v) is 2.34. The number of rotatable bonds is 2. The van der Waals surface area contributed by atoms with Crippen molar-refractivity contribution in [3.05, 3.63) is 24.4 Å². The van der Waals surface area contributed by atoms with Gasteiger partial charge in [-0.05, 0) is 6.07 Å². The molecule has 1 aliphatic heterocycles. The molecule has 3 rings (SSSR count). The van der Waals surface area contributed by atoms with Crippen molar-refractivity contribution >= 4 is 12.4 Å². The Kier molecular flexibility index (Phi) is 3.12. The lowest BCUT2D eigenvalue weighted by atomic mass is 10.0. The fourth-order valence-corrected chi connectivity index (χ4v) is 1.37. The van der Waals surface area contributed by atoms with Crippen molar-refractivity contribution in [2.45, 2.75) is 5.92 Å². The molecule has 0 aromatic carbocycles. The predicted molar refractivity (Wildman–Crippen MR) is 58.2 cm³/mol. The highest BCUT2D eigenvalue weighted by Crippen LogP contribution is 2.19. The number of halogens is 1. The summed E-state index contributed by atoms with van der Waals surface area (Å²) in [7, 11) is 0. The third kappa shape index (κ3) is 1.89. The van der Waals surface area contributed by atoms with E-state index in [1.807, 2.05) is 0 Å². The molecule has 0 amide bonds. The van der Waals surface area contributed by atoms with Crippen molar-refractivity contribution in [3.63, 3.8) is 0 Å². The quantitative estimate of drug-likeness (QED) is 0.829. The second-order valence-electron chi connectivity index (χ2n) is 3.38. The van der Waals surface area contributed by atoms with Crippen LogP contribution < -0.4 is 5.32 Å². The fourth-order valence-electron chi connectivity index (χ4n) is 1.37. The van der Waals surface area contributed by atoms with Crippen molar-refractivity contribution < 1.29 is 4.52 Å². The van der Waals surface area contributed by atoms with E-state index >= 15 is 0 Å². The Hall–Kier alpha value is -1.53. The molecule has 84 valence electrons. The number of hydrogen-bond acceptors (Lipinski definition) is 6. The molecule has 1 saturated heterocycles. The van der Waals surface area contributed by atoms with E-state index in [-0.39, 0.29) is 12.4 Å².